The predicted octanol–water partition coefficient (Wildman–Crippen LogP) is 5.34. The van der Waals surface area contributed by atoms with Crippen LogP contribution in [0.1, 0.15) is 22.8 Å². The monoisotopic (exact) mass is 514 g/mol. The van der Waals surface area contributed by atoms with Crippen LogP contribution in [-0.4, -0.2) is 57.1 Å². The van der Waals surface area contributed by atoms with Crippen LogP contribution in [0, 0.1) is 12.7 Å². The van der Waals surface area contributed by atoms with Crippen molar-refractivity contribution in [1.82, 2.24) is 14.7 Å². The second-order valence-corrected chi connectivity index (χ2v) is 8.82. The van der Waals surface area contributed by atoms with Gasteiger partial charge in [0.05, 0.1) is 36.1 Å². The Morgan fingerprint density at radius 3 is 2.41 bits per heavy atom. The third kappa shape index (κ3) is 5.29. The van der Waals surface area contributed by atoms with Crippen LogP contribution in [0.15, 0.2) is 72.9 Å². The quantitative estimate of drug-likeness (QED) is 0.312. The summed E-state index contributed by atoms with van der Waals surface area (Å²) in [5.74, 6) is -1.79. The molecule has 4 aromatic rings. The number of aliphatic hydroxyl groups is 1. The van der Waals surface area contributed by atoms with E-state index in [1.807, 2.05) is 36.4 Å². The minimum atomic E-state index is -5.08. The molecule has 0 fully saturated rings. The number of amides is 1. The molecule has 6 nitrogen and oxygen atoms in total. The Bertz CT molecular complexity index is 1400. The summed E-state index contributed by atoms with van der Waals surface area (Å²) < 4.78 is 58.3. The Kier molecular flexibility index (Phi) is 7.22. The van der Waals surface area contributed by atoms with E-state index >= 15 is 0 Å². The molecule has 0 aliphatic carbocycles. The first kappa shape index (κ1) is 26.2. The number of carbonyl (C=O) groups excluding carboxylic acids is 1. The van der Waals surface area contributed by atoms with Gasteiger partial charge in [-0.3, -0.25) is 4.79 Å². The summed E-state index contributed by atoms with van der Waals surface area (Å²) in [5, 5.41) is 18.5. The Labute approximate surface area is 211 Å². The molecule has 0 saturated heterocycles. The maximum absolute atomic E-state index is 14.1. The van der Waals surface area contributed by atoms with Crippen LogP contribution in [0.2, 0.25) is 0 Å². The molecule has 0 saturated carbocycles. The molecule has 0 aliphatic rings. The van der Waals surface area contributed by atoms with Crippen LogP contribution < -0.4 is 5.32 Å². The number of likely N-dealkylation sites (N-methyl/N-ethyl adjacent to an activating group) is 1. The molecule has 2 N–H and O–H groups in total. The molecule has 0 radical (unpaired) electrons. The third-order valence-electron chi connectivity index (χ3n) is 6.16. The number of nitrogens with zero attached hydrogens (tertiary/aromatic N) is 3. The van der Waals surface area contributed by atoms with Crippen LogP contribution in [-0.2, 0) is 0 Å². The van der Waals surface area contributed by atoms with Crippen molar-refractivity contribution in [3.05, 3.63) is 89.9 Å². The molecule has 1 heterocycles. The van der Waals surface area contributed by atoms with Gasteiger partial charge in [0.25, 0.3) is 5.91 Å². The molecular formula is C27H26F4N4O2. The van der Waals surface area contributed by atoms with Crippen molar-refractivity contribution in [2.45, 2.75) is 25.6 Å². The maximum Gasteiger partial charge on any atom is 0.420 e. The zero-order valence-electron chi connectivity index (χ0n) is 20.3. The van der Waals surface area contributed by atoms with Crippen molar-refractivity contribution in [2.24, 2.45) is 0 Å². The number of fused-ring (bicyclic) bond motifs is 1. The van der Waals surface area contributed by atoms with Gasteiger partial charge in [-0.25, -0.2) is 9.07 Å². The van der Waals surface area contributed by atoms with E-state index in [1.54, 1.807) is 17.7 Å². The summed E-state index contributed by atoms with van der Waals surface area (Å²) in [7, 11) is 0. The average molecular weight is 515 g/mol. The standard InChI is InChI=1S/C27H26F4N4O2/c1-3-34(25(36)20-11-7-8-12-22(20)28)17-26(37,27(29,30)31)16-32-23-13-18(2)14-24-21(23)15-33-35(24)19-9-5-4-6-10-19/h4-15,32,37H,3,16-17H2,1-2H3. The minimum absolute atomic E-state index is 0.163. The number of hydrogen-bond donors (Lipinski definition) is 2. The number of rotatable bonds is 8. The summed E-state index contributed by atoms with van der Waals surface area (Å²) >= 11 is 0. The SMILES string of the molecule is CCN(CC(O)(CNc1cc(C)cc2c1cnn2-c1ccccc1)C(F)(F)F)C(=O)c1ccccc1F. The van der Waals surface area contributed by atoms with Crippen molar-refractivity contribution >= 4 is 22.5 Å². The predicted molar refractivity (Wildman–Crippen MR) is 133 cm³/mol. The topological polar surface area (TPSA) is 70.4 Å². The van der Waals surface area contributed by atoms with E-state index in [0.717, 1.165) is 22.2 Å². The number of benzene rings is 3. The number of hydrogen-bond acceptors (Lipinski definition) is 4. The highest BCUT2D eigenvalue weighted by molar-refractivity contribution is 5.95. The molecule has 1 amide bonds. The second-order valence-electron chi connectivity index (χ2n) is 8.82. The number of anilines is 1. The maximum atomic E-state index is 14.1. The highest BCUT2D eigenvalue weighted by atomic mass is 19.4. The lowest BCUT2D eigenvalue weighted by Gasteiger charge is -2.35. The minimum Gasteiger partial charge on any atom is -0.381 e. The zero-order chi connectivity index (χ0) is 26.8. The van der Waals surface area contributed by atoms with Gasteiger partial charge in [0.2, 0.25) is 0 Å². The molecule has 1 unspecified atom stereocenters. The fourth-order valence-corrected chi connectivity index (χ4v) is 4.12. The van der Waals surface area contributed by atoms with Crippen molar-refractivity contribution in [2.75, 3.05) is 25.0 Å². The van der Waals surface area contributed by atoms with Crippen molar-refractivity contribution in [1.29, 1.82) is 0 Å². The van der Waals surface area contributed by atoms with Crippen LogP contribution in [0.25, 0.3) is 16.6 Å². The Hall–Kier alpha value is -3.92. The van der Waals surface area contributed by atoms with Gasteiger partial charge in [-0.2, -0.15) is 18.3 Å². The molecule has 0 spiro atoms. The normalized spacial score (nSPS) is 13.4. The average Bonchev–Trinajstić information content (AvgIpc) is 3.29. The highest BCUT2D eigenvalue weighted by Crippen LogP contribution is 2.34. The Morgan fingerprint density at radius 1 is 1.08 bits per heavy atom. The molecule has 10 heteroatoms. The summed E-state index contributed by atoms with van der Waals surface area (Å²) in [5.41, 5.74) is -1.10. The van der Waals surface area contributed by atoms with Gasteiger partial charge in [0, 0.05) is 17.6 Å². The molecular weight excluding hydrogens is 488 g/mol. The summed E-state index contributed by atoms with van der Waals surface area (Å²) in [4.78, 5) is 13.6. The fourth-order valence-electron chi connectivity index (χ4n) is 4.12. The number of aryl methyl sites for hydroxylation is 1. The summed E-state index contributed by atoms with van der Waals surface area (Å²) in [6, 6.07) is 17.8. The van der Waals surface area contributed by atoms with Crippen molar-refractivity contribution in [3.63, 3.8) is 0 Å². The van der Waals surface area contributed by atoms with Gasteiger partial charge in [0.1, 0.15) is 5.82 Å². The van der Waals surface area contributed by atoms with Gasteiger partial charge < -0.3 is 15.3 Å². The first-order valence-electron chi connectivity index (χ1n) is 11.6. The summed E-state index contributed by atoms with van der Waals surface area (Å²) in [6.45, 7) is 1.09. The third-order valence-corrected chi connectivity index (χ3v) is 6.16. The lowest BCUT2D eigenvalue weighted by atomic mass is 10.0. The fraction of sp³-hybridized carbons (Fsp3) is 0.259. The van der Waals surface area contributed by atoms with Gasteiger partial charge >= 0.3 is 6.18 Å². The molecule has 3 aromatic carbocycles. The number of nitrogens with one attached hydrogen (secondary N) is 1. The zero-order valence-corrected chi connectivity index (χ0v) is 20.3. The first-order valence-corrected chi connectivity index (χ1v) is 11.6. The molecule has 0 aliphatic heterocycles. The summed E-state index contributed by atoms with van der Waals surface area (Å²) in [6.07, 6.45) is -3.54. The number of halogens is 4. The number of para-hydroxylation sites is 1. The Morgan fingerprint density at radius 2 is 1.76 bits per heavy atom. The van der Waals surface area contributed by atoms with E-state index in [0.29, 0.717) is 16.6 Å². The van der Waals surface area contributed by atoms with E-state index in [4.69, 9.17) is 0 Å². The van der Waals surface area contributed by atoms with Gasteiger partial charge in [-0.05, 0) is 55.8 Å². The molecule has 1 atom stereocenters. The van der Waals surface area contributed by atoms with E-state index < -0.39 is 36.6 Å². The van der Waals surface area contributed by atoms with E-state index in [-0.39, 0.29) is 12.1 Å². The number of carbonyl (C=O) groups is 1. The molecule has 37 heavy (non-hydrogen) atoms. The molecule has 1 aromatic heterocycles. The first-order chi connectivity index (χ1) is 17.5. The van der Waals surface area contributed by atoms with Crippen molar-refractivity contribution < 1.29 is 27.5 Å². The lowest BCUT2D eigenvalue weighted by Crippen LogP contribution is -2.58. The van der Waals surface area contributed by atoms with Gasteiger partial charge in [-0.1, -0.05) is 30.3 Å². The van der Waals surface area contributed by atoms with Gasteiger partial charge in [-0.15, -0.1) is 0 Å². The van der Waals surface area contributed by atoms with Crippen molar-refractivity contribution in [3.8, 4) is 5.69 Å². The van der Waals surface area contributed by atoms with E-state index in [1.165, 1.54) is 31.3 Å². The van der Waals surface area contributed by atoms with E-state index in [9.17, 15) is 27.5 Å². The molecule has 4 rings (SSSR count). The smallest absolute Gasteiger partial charge is 0.381 e. The second kappa shape index (κ2) is 10.2. The Balaban J connectivity index is 1.63. The number of alkyl halides is 3. The van der Waals surface area contributed by atoms with Gasteiger partial charge in [0.15, 0.2) is 5.60 Å². The number of aromatic nitrogens is 2. The van der Waals surface area contributed by atoms with Crippen LogP contribution >= 0.6 is 0 Å². The largest absolute Gasteiger partial charge is 0.420 e. The van der Waals surface area contributed by atoms with E-state index in [2.05, 4.69) is 10.4 Å². The van der Waals surface area contributed by atoms with Crippen LogP contribution in [0.5, 0.6) is 0 Å². The van der Waals surface area contributed by atoms with Crippen LogP contribution in [0.4, 0.5) is 23.2 Å². The van der Waals surface area contributed by atoms with Crippen LogP contribution in [0.3, 0.4) is 0 Å². The molecule has 0 bridgehead atoms. The highest BCUT2D eigenvalue weighted by Gasteiger charge is 2.55. The lowest BCUT2D eigenvalue weighted by molar-refractivity contribution is -0.257. The molecule has 194 valence electrons.